The first-order chi connectivity index (χ1) is 8.88. The predicted octanol–water partition coefficient (Wildman–Crippen LogP) is 0.143. The SMILES string of the molecule is NNC(=NCC1COCCO1)NC1CCCCC1. The molecule has 1 unspecified atom stereocenters. The fraction of sp³-hybridized carbons (Fsp3) is 0.917. The van der Waals surface area contributed by atoms with Crippen LogP contribution in [-0.2, 0) is 9.47 Å². The molecule has 1 saturated heterocycles. The first-order valence-corrected chi connectivity index (χ1v) is 6.85. The Balaban J connectivity index is 1.75. The van der Waals surface area contributed by atoms with Gasteiger partial charge in [-0.2, -0.15) is 0 Å². The largest absolute Gasteiger partial charge is 0.376 e. The van der Waals surface area contributed by atoms with Crippen LogP contribution in [0.25, 0.3) is 0 Å². The molecule has 6 nitrogen and oxygen atoms in total. The van der Waals surface area contributed by atoms with Crippen molar-refractivity contribution in [3.05, 3.63) is 0 Å². The van der Waals surface area contributed by atoms with Gasteiger partial charge in [0.1, 0.15) is 6.10 Å². The van der Waals surface area contributed by atoms with Gasteiger partial charge in [-0.05, 0) is 12.8 Å². The van der Waals surface area contributed by atoms with Gasteiger partial charge in [0, 0.05) is 6.04 Å². The van der Waals surface area contributed by atoms with Crippen LogP contribution in [0.5, 0.6) is 0 Å². The number of guanidine groups is 1. The molecule has 4 N–H and O–H groups in total. The van der Waals surface area contributed by atoms with Crippen molar-refractivity contribution in [2.75, 3.05) is 26.4 Å². The van der Waals surface area contributed by atoms with E-state index in [9.17, 15) is 0 Å². The highest BCUT2D eigenvalue weighted by Crippen LogP contribution is 2.17. The molecule has 0 aromatic carbocycles. The predicted molar refractivity (Wildman–Crippen MR) is 70.2 cm³/mol. The first-order valence-electron chi connectivity index (χ1n) is 6.85. The lowest BCUT2D eigenvalue weighted by Crippen LogP contribution is -2.47. The number of aliphatic imine (C=N–C) groups is 1. The van der Waals surface area contributed by atoms with Gasteiger partial charge in [0.25, 0.3) is 0 Å². The van der Waals surface area contributed by atoms with Gasteiger partial charge >= 0.3 is 0 Å². The lowest BCUT2D eigenvalue weighted by molar-refractivity contribution is -0.0832. The highest BCUT2D eigenvalue weighted by molar-refractivity contribution is 5.79. The van der Waals surface area contributed by atoms with Gasteiger partial charge in [-0.25, -0.2) is 10.8 Å². The van der Waals surface area contributed by atoms with E-state index in [1.165, 1.54) is 32.1 Å². The van der Waals surface area contributed by atoms with Crippen molar-refractivity contribution in [3.63, 3.8) is 0 Å². The fourth-order valence-electron chi connectivity index (χ4n) is 2.41. The zero-order valence-electron chi connectivity index (χ0n) is 10.9. The lowest BCUT2D eigenvalue weighted by atomic mass is 9.96. The summed E-state index contributed by atoms with van der Waals surface area (Å²) in [6.45, 7) is 2.54. The highest BCUT2D eigenvalue weighted by atomic mass is 16.6. The van der Waals surface area contributed by atoms with Gasteiger partial charge in [0.05, 0.1) is 26.4 Å². The quantitative estimate of drug-likeness (QED) is 0.290. The van der Waals surface area contributed by atoms with Crippen LogP contribution >= 0.6 is 0 Å². The summed E-state index contributed by atoms with van der Waals surface area (Å²) in [5, 5.41) is 3.36. The molecule has 0 radical (unpaired) electrons. The Hall–Kier alpha value is -0.850. The Morgan fingerprint density at radius 1 is 1.22 bits per heavy atom. The topological polar surface area (TPSA) is 80.9 Å². The number of ether oxygens (including phenoxy) is 2. The van der Waals surface area contributed by atoms with E-state index in [2.05, 4.69) is 15.7 Å². The third kappa shape index (κ3) is 4.44. The molecule has 0 aromatic heterocycles. The van der Waals surface area contributed by atoms with Crippen LogP contribution in [0.2, 0.25) is 0 Å². The van der Waals surface area contributed by atoms with E-state index in [1.54, 1.807) is 0 Å². The molecule has 6 heteroatoms. The maximum absolute atomic E-state index is 5.53. The Bertz CT molecular complexity index is 261. The third-order valence-corrected chi connectivity index (χ3v) is 3.42. The van der Waals surface area contributed by atoms with Crippen molar-refractivity contribution in [2.45, 2.75) is 44.2 Å². The number of hydrogen-bond donors (Lipinski definition) is 3. The summed E-state index contributed by atoms with van der Waals surface area (Å²) < 4.78 is 10.9. The Kier molecular flexibility index (Phi) is 5.70. The van der Waals surface area contributed by atoms with E-state index < -0.39 is 0 Å². The summed E-state index contributed by atoms with van der Waals surface area (Å²) in [5.41, 5.74) is 2.63. The van der Waals surface area contributed by atoms with Gasteiger partial charge in [-0.1, -0.05) is 19.3 Å². The molecule has 2 rings (SSSR count). The molecule has 1 heterocycles. The molecule has 1 aliphatic carbocycles. The number of rotatable bonds is 3. The normalized spacial score (nSPS) is 26.9. The van der Waals surface area contributed by atoms with E-state index in [4.69, 9.17) is 15.3 Å². The molecular formula is C12H24N4O2. The van der Waals surface area contributed by atoms with Crippen LogP contribution < -0.4 is 16.6 Å². The summed E-state index contributed by atoms with van der Waals surface area (Å²) in [7, 11) is 0. The molecule has 104 valence electrons. The van der Waals surface area contributed by atoms with Crippen LogP contribution in [0.4, 0.5) is 0 Å². The summed E-state index contributed by atoms with van der Waals surface area (Å²) in [5.74, 6) is 6.15. The van der Waals surface area contributed by atoms with E-state index >= 15 is 0 Å². The minimum atomic E-state index is 0.0512. The average Bonchev–Trinajstić information content (AvgIpc) is 2.45. The van der Waals surface area contributed by atoms with Crippen LogP contribution in [0, 0.1) is 0 Å². The molecule has 0 spiro atoms. The third-order valence-electron chi connectivity index (χ3n) is 3.42. The van der Waals surface area contributed by atoms with Crippen molar-refractivity contribution >= 4 is 5.96 Å². The maximum atomic E-state index is 5.53. The Morgan fingerprint density at radius 3 is 2.72 bits per heavy atom. The smallest absolute Gasteiger partial charge is 0.206 e. The average molecular weight is 256 g/mol. The first kappa shape index (κ1) is 13.6. The minimum absolute atomic E-state index is 0.0512. The van der Waals surface area contributed by atoms with Crippen LogP contribution in [0.15, 0.2) is 4.99 Å². The summed E-state index contributed by atoms with van der Waals surface area (Å²) in [6.07, 6.45) is 6.36. The van der Waals surface area contributed by atoms with Crippen LogP contribution in [-0.4, -0.2) is 44.5 Å². The van der Waals surface area contributed by atoms with Gasteiger partial charge < -0.3 is 14.8 Å². The number of nitrogens with one attached hydrogen (secondary N) is 2. The van der Waals surface area contributed by atoms with Crippen molar-refractivity contribution in [2.24, 2.45) is 10.8 Å². The summed E-state index contributed by atoms with van der Waals surface area (Å²) in [4.78, 5) is 4.42. The Morgan fingerprint density at radius 2 is 2.06 bits per heavy atom. The molecule has 2 fully saturated rings. The van der Waals surface area contributed by atoms with Crippen LogP contribution in [0.1, 0.15) is 32.1 Å². The van der Waals surface area contributed by atoms with E-state index in [0.717, 1.165) is 0 Å². The summed E-state index contributed by atoms with van der Waals surface area (Å²) in [6, 6.07) is 0.497. The van der Waals surface area contributed by atoms with Gasteiger partial charge in [0.15, 0.2) is 0 Å². The molecule has 0 bridgehead atoms. The zero-order chi connectivity index (χ0) is 12.6. The molecule has 1 saturated carbocycles. The zero-order valence-corrected chi connectivity index (χ0v) is 10.9. The van der Waals surface area contributed by atoms with Crippen molar-refractivity contribution in [1.82, 2.24) is 10.7 Å². The highest BCUT2D eigenvalue weighted by Gasteiger charge is 2.16. The molecule has 0 amide bonds. The number of nitrogens with two attached hydrogens (primary N) is 1. The van der Waals surface area contributed by atoms with E-state index in [-0.39, 0.29) is 6.10 Å². The summed E-state index contributed by atoms with van der Waals surface area (Å²) >= 11 is 0. The monoisotopic (exact) mass is 256 g/mol. The molecule has 18 heavy (non-hydrogen) atoms. The van der Waals surface area contributed by atoms with E-state index in [1.807, 2.05) is 0 Å². The van der Waals surface area contributed by atoms with Crippen molar-refractivity contribution in [1.29, 1.82) is 0 Å². The standard InChI is InChI=1S/C12H24N4O2/c13-16-12(15-10-4-2-1-3-5-10)14-8-11-9-17-6-7-18-11/h10-11H,1-9,13H2,(H2,14,15,16). The van der Waals surface area contributed by atoms with E-state index in [0.29, 0.717) is 38.4 Å². The second-order valence-electron chi connectivity index (χ2n) is 4.88. The number of hydrazine groups is 1. The number of nitrogens with zero attached hydrogens (tertiary/aromatic N) is 1. The molecule has 1 aliphatic heterocycles. The van der Waals surface area contributed by atoms with Gasteiger partial charge in [0.2, 0.25) is 5.96 Å². The maximum Gasteiger partial charge on any atom is 0.206 e. The molecule has 0 aromatic rings. The number of hydrogen-bond acceptors (Lipinski definition) is 4. The van der Waals surface area contributed by atoms with Crippen molar-refractivity contribution in [3.8, 4) is 0 Å². The minimum Gasteiger partial charge on any atom is -0.376 e. The van der Waals surface area contributed by atoms with Gasteiger partial charge in [-0.15, -0.1) is 0 Å². The fourth-order valence-corrected chi connectivity index (χ4v) is 2.41. The lowest BCUT2D eigenvalue weighted by Gasteiger charge is -2.25. The molecule has 1 atom stereocenters. The van der Waals surface area contributed by atoms with Crippen molar-refractivity contribution < 1.29 is 9.47 Å². The molecule has 2 aliphatic rings. The second kappa shape index (κ2) is 7.56. The molecular weight excluding hydrogens is 232 g/mol. The Labute approximate surface area is 108 Å². The van der Waals surface area contributed by atoms with Gasteiger partial charge in [-0.3, -0.25) is 5.43 Å². The second-order valence-corrected chi connectivity index (χ2v) is 4.88. The van der Waals surface area contributed by atoms with Crippen LogP contribution in [0.3, 0.4) is 0 Å².